The van der Waals surface area contributed by atoms with Gasteiger partial charge in [-0.15, -0.1) is 0 Å². The molecule has 3 N–H and O–H groups in total. The summed E-state index contributed by atoms with van der Waals surface area (Å²) in [5.41, 5.74) is 0. The Balaban J connectivity index is 2.41. The molecule has 96 valence electrons. The first-order valence-corrected chi connectivity index (χ1v) is 6.14. The number of halogens is 1. The van der Waals surface area contributed by atoms with Gasteiger partial charge in [-0.05, 0) is 37.8 Å². The Labute approximate surface area is 106 Å². The average molecular weight is 260 g/mol. The van der Waals surface area contributed by atoms with Gasteiger partial charge in [0, 0.05) is 19.7 Å². The molecular weight excluding hydrogens is 242 g/mol. The molecule has 17 heavy (non-hydrogen) atoms. The summed E-state index contributed by atoms with van der Waals surface area (Å²) in [4.78, 5) is 12.1. The third-order valence-electron chi connectivity index (χ3n) is 2.06. The zero-order valence-corrected chi connectivity index (χ0v) is 10.7. The first-order valence-electron chi connectivity index (χ1n) is 5.76. The van der Waals surface area contributed by atoms with Gasteiger partial charge in [0.15, 0.2) is 0 Å². The first-order chi connectivity index (χ1) is 8.26. The van der Waals surface area contributed by atoms with E-state index >= 15 is 0 Å². The maximum absolute atomic E-state index is 8.64. The Morgan fingerprint density at radius 3 is 2.41 bits per heavy atom. The van der Waals surface area contributed by atoms with Crippen LogP contribution in [0.25, 0.3) is 0 Å². The van der Waals surface area contributed by atoms with Gasteiger partial charge in [0.05, 0.1) is 0 Å². The monoisotopic (exact) mass is 259 g/mol. The Morgan fingerprint density at radius 1 is 1.06 bits per heavy atom. The van der Waals surface area contributed by atoms with Crippen LogP contribution in [0.2, 0.25) is 5.28 Å². The van der Waals surface area contributed by atoms with Crippen molar-refractivity contribution in [3.05, 3.63) is 5.28 Å². The van der Waals surface area contributed by atoms with Crippen molar-refractivity contribution >= 4 is 23.5 Å². The molecule has 0 saturated heterocycles. The van der Waals surface area contributed by atoms with Gasteiger partial charge < -0.3 is 15.7 Å². The van der Waals surface area contributed by atoms with Gasteiger partial charge in [0.1, 0.15) is 0 Å². The molecule has 0 radical (unpaired) electrons. The second-order valence-electron chi connectivity index (χ2n) is 3.49. The van der Waals surface area contributed by atoms with E-state index in [1.807, 2.05) is 6.92 Å². The average Bonchev–Trinajstić information content (AvgIpc) is 2.28. The molecule has 6 nitrogen and oxygen atoms in total. The predicted molar refractivity (Wildman–Crippen MR) is 68.4 cm³/mol. The molecule has 0 saturated carbocycles. The maximum Gasteiger partial charge on any atom is 0.228 e. The van der Waals surface area contributed by atoms with E-state index in [0.717, 1.165) is 32.4 Å². The summed E-state index contributed by atoms with van der Waals surface area (Å²) < 4.78 is 0. The number of aliphatic hydroxyl groups is 1. The van der Waals surface area contributed by atoms with Crippen molar-refractivity contribution < 1.29 is 5.11 Å². The van der Waals surface area contributed by atoms with Crippen LogP contribution in [0.15, 0.2) is 0 Å². The molecule has 7 heteroatoms. The number of aromatic nitrogens is 3. The lowest BCUT2D eigenvalue weighted by Crippen LogP contribution is -2.10. The van der Waals surface area contributed by atoms with Crippen LogP contribution in [0.4, 0.5) is 11.9 Å². The molecule has 1 heterocycles. The van der Waals surface area contributed by atoms with E-state index in [1.54, 1.807) is 0 Å². The lowest BCUT2D eigenvalue weighted by atomic mass is 10.2. The number of hydrogen-bond donors (Lipinski definition) is 3. The second-order valence-corrected chi connectivity index (χ2v) is 3.83. The highest BCUT2D eigenvalue weighted by Gasteiger charge is 2.03. The van der Waals surface area contributed by atoms with Gasteiger partial charge in [-0.1, -0.05) is 0 Å². The number of rotatable bonds is 8. The lowest BCUT2D eigenvalue weighted by Gasteiger charge is -2.06. The number of unbranched alkanes of at least 4 members (excludes halogenated alkanes) is 2. The number of anilines is 2. The molecule has 1 rings (SSSR count). The summed E-state index contributed by atoms with van der Waals surface area (Å²) in [6, 6.07) is 0. The Hall–Kier alpha value is -1.14. The molecule has 0 atom stereocenters. The maximum atomic E-state index is 8.64. The SMILES string of the molecule is CCNc1nc(Cl)nc(NCCCCCO)n1. The minimum atomic E-state index is 0.175. The summed E-state index contributed by atoms with van der Waals surface area (Å²) in [5, 5.41) is 14.9. The molecule has 0 fully saturated rings. The topological polar surface area (TPSA) is 83.0 Å². The second kappa shape index (κ2) is 8.03. The smallest absolute Gasteiger partial charge is 0.228 e. The molecule has 0 unspecified atom stereocenters. The fraction of sp³-hybridized carbons (Fsp3) is 0.700. The van der Waals surface area contributed by atoms with E-state index in [9.17, 15) is 0 Å². The summed E-state index contributed by atoms with van der Waals surface area (Å²) in [6.07, 6.45) is 2.76. The van der Waals surface area contributed by atoms with Crippen molar-refractivity contribution in [3.63, 3.8) is 0 Å². The zero-order chi connectivity index (χ0) is 12.5. The van der Waals surface area contributed by atoms with Gasteiger partial charge in [0.25, 0.3) is 0 Å². The molecule has 0 aliphatic rings. The number of nitrogens with zero attached hydrogens (tertiary/aromatic N) is 3. The third-order valence-corrected chi connectivity index (χ3v) is 2.23. The van der Waals surface area contributed by atoms with Gasteiger partial charge in [-0.25, -0.2) is 0 Å². The van der Waals surface area contributed by atoms with Crippen molar-refractivity contribution in [1.29, 1.82) is 0 Å². The zero-order valence-electron chi connectivity index (χ0n) is 9.91. The van der Waals surface area contributed by atoms with Gasteiger partial charge in [0.2, 0.25) is 17.2 Å². The Kier molecular flexibility index (Phi) is 6.57. The molecule has 0 aliphatic heterocycles. The molecule has 0 bridgehead atoms. The van der Waals surface area contributed by atoms with E-state index in [-0.39, 0.29) is 11.9 Å². The normalized spacial score (nSPS) is 10.3. The van der Waals surface area contributed by atoms with E-state index in [1.165, 1.54) is 0 Å². The fourth-order valence-corrected chi connectivity index (χ4v) is 1.44. The van der Waals surface area contributed by atoms with Crippen molar-refractivity contribution in [2.24, 2.45) is 0 Å². The summed E-state index contributed by atoms with van der Waals surface area (Å²) in [7, 11) is 0. The largest absolute Gasteiger partial charge is 0.396 e. The van der Waals surface area contributed by atoms with E-state index < -0.39 is 0 Å². The molecule has 0 aliphatic carbocycles. The van der Waals surface area contributed by atoms with Crippen molar-refractivity contribution in [3.8, 4) is 0 Å². The van der Waals surface area contributed by atoms with Crippen molar-refractivity contribution in [2.45, 2.75) is 26.2 Å². The van der Waals surface area contributed by atoms with Crippen LogP contribution in [0.3, 0.4) is 0 Å². The number of aliphatic hydroxyl groups excluding tert-OH is 1. The van der Waals surface area contributed by atoms with Crippen LogP contribution >= 0.6 is 11.6 Å². The molecular formula is C10H18ClN5O. The fourth-order valence-electron chi connectivity index (χ4n) is 1.28. The van der Waals surface area contributed by atoms with Crippen LogP contribution in [0, 0.1) is 0 Å². The minimum Gasteiger partial charge on any atom is -0.396 e. The number of nitrogens with one attached hydrogen (secondary N) is 2. The van der Waals surface area contributed by atoms with E-state index in [0.29, 0.717) is 11.9 Å². The van der Waals surface area contributed by atoms with Gasteiger partial charge in [-0.2, -0.15) is 15.0 Å². The Morgan fingerprint density at radius 2 is 1.76 bits per heavy atom. The van der Waals surface area contributed by atoms with Crippen LogP contribution in [-0.2, 0) is 0 Å². The van der Waals surface area contributed by atoms with E-state index in [4.69, 9.17) is 16.7 Å². The molecule has 1 aromatic heterocycles. The van der Waals surface area contributed by atoms with Crippen LogP contribution in [0.1, 0.15) is 26.2 Å². The molecule has 0 spiro atoms. The molecule has 1 aromatic rings. The Bertz CT molecular complexity index is 336. The highest BCUT2D eigenvalue weighted by molar-refractivity contribution is 6.28. The molecule has 0 amide bonds. The van der Waals surface area contributed by atoms with Crippen LogP contribution in [-0.4, -0.2) is 39.8 Å². The highest BCUT2D eigenvalue weighted by atomic mass is 35.5. The number of hydrogen-bond acceptors (Lipinski definition) is 6. The predicted octanol–water partition coefficient (Wildman–Crippen LogP) is 1.53. The van der Waals surface area contributed by atoms with E-state index in [2.05, 4.69) is 25.6 Å². The highest BCUT2D eigenvalue weighted by Crippen LogP contribution is 2.09. The minimum absolute atomic E-state index is 0.175. The quantitative estimate of drug-likeness (QED) is 0.614. The summed E-state index contributed by atoms with van der Waals surface area (Å²) in [5.74, 6) is 0.954. The summed E-state index contributed by atoms with van der Waals surface area (Å²) in [6.45, 7) is 3.68. The first kappa shape index (κ1) is 13.9. The third kappa shape index (κ3) is 5.65. The van der Waals surface area contributed by atoms with Crippen LogP contribution in [0.5, 0.6) is 0 Å². The van der Waals surface area contributed by atoms with Crippen LogP contribution < -0.4 is 10.6 Å². The van der Waals surface area contributed by atoms with Crippen molar-refractivity contribution in [1.82, 2.24) is 15.0 Å². The van der Waals surface area contributed by atoms with Gasteiger partial charge >= 0.3 is 0 Å². The molecule has 0 aromatic carbocycles. The summed E-state index contributed by atoms with van der Waals surface area (Å²) >= 11 is 5.77. The van der Waals surface area contributed by atoms with Crippen molar-refractivity contribution in [2.75, 3.05) is 30.3 Å². The van der Waals surface area contributed by atoms with Gasteiger partial charge in [-0.3, -0.25) is 0 Å². The lowest BCUT2D eigenvalue weighted by molar-refractivity contribution is 0.283. The standard InChI is InChI=1S/C10H18ClN5O/c1-2-12-9-14-8(11)15-10(16-9)13-6-4-3-5-7-17/h17H,2-7H2,1H3,(H2,12,13,14,15,16).